The van der Waals surface area contributed by atoms with Crippen molar-refractivity contribution >= 4 is 5.52 Å². The van der Waals surface area contributed by atoms with E-state index in [0.717, 1.165) is 43.9 Å². The highest BCUT2D eigenvalue weighted by Gasteiger charge is 2.32. The number of piperidine rings is 1. The zero-order chi connectivity index (χ0) is 26.9. The Labute approximate surface area is 216 Å². The molecule has 198 valence electrons. The maximum absolute atomic E-state index is 13.3. The monoisotopic (exact) mass is 526 g/mol. The molecule has 0 aromatic carbocycles. The summed E-state index contributed by atoms with van der Waals surface area (Å²) >= 11 is 0. The number of hydrogen-bond donors (Lipinski definition) is 1. The van der Waals surface area contributed by atoms with Crippen LogP contribution in [0.2, 0.25) is 0 Å². The highest BCUT2D eigenvalue weighted by molar-refractivity contribution is 5.74. The largest absolute Gasteiger partial charge is 0.481 e. The number of rotatable bonds is 7. The minimum absolute atomic E-state index is 0.0552. The first-order chi connectivity index (χ1) is 18.3. The summed E-state index contributed by atoms with van der Waals surface area (Å²) in [6.07, 6.45) is 1.55. The van der Waals surface area contributed by atoms with Gasteiger partial charge in [0.1, 0.15) is 34.7 Å². The van der Waals surface area contributed by atoms with E-state index in [9.17, 15) is 18.4 Å². The van der Waals surface area contributed by atoms with E-state index in [1.807, 2.05) is 11.6 Å². The number of nitrogens with one attached hydrogen (secondary N) is 1. The van der Waals surface area contributed by atoms with Crippen molar-refractivity contribution < 1.29 is 22.6 Å². The van der Waals surface area contributed by atoms with Crippen LogP contribution in [0.5, 0.6) is 5.75 Å². The van der Waals surface area contributed by atoms with E-state index in [0.29, 0.717) is 16.8 Å². The van der Waals surface area contributed by atoms with Gasteiger partial charge in [-0.05, 0) is 45.0 Å². The van der Waals surface area contributed by atoms with Gasteiger partial charge in [-0.25, -0.2) is 9.20 Å². The summed E-state index contributed by atoms with van der Waals surface area (Å²) in [5.41, 5.74) is 2.03. The Balaban J connectivity index is 1.57. The maximum atomic E-state index is 13.3. The van der Waals surface area contributed by atoms with Crippen LogP contribution in [-0.4, -0.2) is 56.4 Å². The van der Waals surface area contributed by atoms with Gasteiger partial charge in [-0.1, -0.05) is 5.21 Å². The van der Waals surface area contributed by atoms with Crippen molar-refractivity contribution in [2.45, 2.75) is 38.1 Å². The third-order valence-electron chi connectivity index (χ3n) is 6.60. The molecular weight excluding hydrogens is 501 g/mol. The molecule has 0 amide bonds. The summed E-state index contributed by atoms with van der Waals surface area (Å²) in [4.78, 5) is 3.75. The van der Waals surface area contributed by atoms with Crippen LogP contribution in [0.4, 0.5) is 13.2 Å². The smallest absolute Gasteiger partial charge is 0.417 e. The third kappa shape index (κ3) is 4.92. The van der Waals surface area contributed by atoms with E-state index < -0.39 is 17.8 Å². The van der Waals surface area contributed by atoms with E-state index >= 15 is 0 Å². The first-order valence-electron chi connectivity index (χ1n) is 12.0. The first-order valence-corrected chi connectivity index (χ1v) is 12.0. The zero-order valence-corrected chi connectivity index (χ0v) is 20.7. The molecule has 1 unspecified atom stereocenters. The highest BCUT2D eigenvalue weighted by Crippen LogP contribution is 2.35. The number of fused-ring (bicyclic) bond motifs is 1. The van der Waals surface area contributed by atoms with Crippen molar-refractivity contribution in [3.63, 3.8) is 0 Å². The Morgan fingerprint density at radius 1 is 1.21 bits per heavy atom. The first kappa shape index (κ1) is 25.6. The van der Waals surface area contributed by atoms with Gasteiger partial charge in [0.25, 0.3) is 0 Å². The number of alkyl halides is 3. The molecule has 5 heterocycles. The lowest BCUT2D eigenvalue weighted by Gasteiger charge is -2.23. The molecule has 4 aromatic heterocycles. The lowest BCUT2D eigenvalue weighted by atomic mass is 10.1. The number of aromatic nitrogens is 6. The number of ether oxygens (including phenoxy) is 2. The van der Waals surface area contributed by atoms with Crippen molar-refractivity contribution in [3.8, 4) is 23.1 Å². The number of hydrogen-bond acceptors (Lipinski definition) is 8. The van der Waals surface area contributed by atoms with E-state index in [4.69, 9.17) is 9.47 Å². The SMILES string of the molecule is COCC(Oc1cc(-c2nnn(C3CCNCC3)c2C)cn2ncc(C#N)c12)c1cncc(C(F)(F)F)c1. The molecule has 10 nitrogen and oxygen atoms in total. The molecule has 1 aliphatic heterocycles. The van der Waals surface area contributed by atoms with Gasteiger partial charge in [0.2, 0.25) is 0 Å². The third-order valence-corrected chi connectivity index (χ3v) is 6.60. The summed E-state index contributed by atoms with van der Waals surface area (Å²) < 4.78 is 55.0. The van der Waals surface area contributed by atoms with Gasteiger partial charge < -0.3 is 14.8 Å². The molecule has 1 aliphatic rings. The van der Waals surface area contributed by atoms with Gasteiger partial charge in [-0.3, -0.25) is 4.98 Å². The van der Waals surface area contributed by atoms with Crippen LogP contribution in [-0.2, 0) is 10.9 Å². The van der Waals surface area contributed by atoms with Crippen LogP contribution in [0.1, 0.15) is 47.4 Å². The fourth-order valence-corrected chi connectivity index (χ4v) is 4.68. The van der Waals surface area contributed by atoms with Crippen molar-refractivity contribution in [2.24, 2.45) is 0 Å². The van der Waals surface area contributed by atoms with Gasteiger partial charge in [0.15, 0.2) is 0 Å². The summed E-state index contributed by atoms with van der Waals surface area (Å²) in [6.45, 7) is 3.69. The normalized spacial score (nSPS) is 15.5. The number of nitrogens with zero attached hydrogens (tertiary/aromatic N) is 7. The Morgan fingerprint density at radius 2 is 2.00 bits per heavy atom. The van der Waals surface area contributed by atoms with Crippen LogP contribution in [0.25, 0.3) is 16.8 Å². The van der Waals surface area contributed by atoms with Crippen molar-refractivity contribution in [1.82, 2.24) is 34.9 Å². The Hall–Kier alpha value is -4.02. The predicted molar refractivity (Wildman–Crippen MR) is 129 cm³/mol. The molecule has 38 heavy (non-hydrogen) atoms. The molecule has 1 fully saturated rings. The molecule has 1 atom stereocenters. The van der Waals surface area contributed by atoms with Gasteiger partial charge in [0.05, 0.1) is 30.1 Å². The number of nitriles is 1. The fraction of sp³-hybridized carbons (Fsp3) is 0.400. The van der Waals surface area contributed by atoms with E-state index in [1.54, 1.807) is 12.3 Å². The van der Waals surface area contributed by atoms with E-state index in [1.165, 1.54) is 24.0 Å². The molecule has 0 bridgehead atoms. The number of methoxy groups -OCH3 is 1. The summed E-state index contributed by atoms with van der Waals surface area (Å²) in [7, 11) is 1.42. The zero-order valence-electron chi connectivity index (χ0n) is 20.7. The molecule has 13 heteroatoms. The Kier molecular flexibility index (Phi) is 7.00. The van der Waals surface area contributed by atoms with Gasteiger partial charge in [0, 0.05) is 36.8 Å². The fourth-order valence-electron chi connectivity index (χ4n) is 4.68. The molecule has 5 rings (SSSR count). The van der Waals surface area contributed by atoms with E-state index in [2.05, 4.69) is 31.8 Å². The second-order valence-electron chi connectivity index (χ2n) is 9.07. The Bertz CT molecular complexity index is 1480. The molecule has 4 aromatic rings. The topological polar surface area (TPSA) is 115 Å². The molecule has 1 N–H and O–H groups in total. The van der Waals surface area contributed by atoms with Crippen molar-refractivity contribution in [2.75, 3.05) is 26.8 Å². The van der Waals surface area contributed by atoms with Crippen molar-refractivity contribution in [1.29, 1.82) is 5.26 Å². The summed E-state index contributed by atoms with van der Waals surface area (Å²) in [5, 5.41) is 26.1. The maximum Gasteiger partial charge on any atom is 0.417 e. The summed E-state index contributed by atoms with van der Waals surface area (Å²) in [5.74, 6) is 0.242. The molecule has 0 saturated carbocycles. The van der Waals surface area contributed by atoms with Gasteiger partial charge in [-0.15, -0.1) is 5.10 Å². The minimum Gasteiger partial charge on any atom is -0.481 e. The van der Waals surface area contributed by atoms with Crippen LogP contribution in [0.15, 0.2) is 36.9 Å². The second-order valence-corrected chi connectivity index (χ2v) is 9.07. The average Bonchev–Trinajstić information content (AvgIpc) is 3.51. The number of pyridine rings is 2. The second kappa shape index (κ2) is 10.4. The molecule has 0 spiro atoms. The Morgan fingerprint density at radius 3 is 2.71 bits per heavy atom. The molecular formula is C25H25F3N8O2. The van der Waals surface area contributed by atoms with Crippen molar-refractivity contribution in [3.05, 3.63) is 59.3 Å². The summed E-state index contributed by atoms with van der Waals surface area (Å²) in [6, 6.07) is 5.00. The van der Waals surface area contributed by atoms with Gasteiger partial charge in [-0.2, -0.15) is 23.5 Å². The van der Waals surface area contributed by atoms with Crippen LogP contribution >= 0.6 is 0 Å². The van der Waals surface area contributed by atoms with Gasteiger partial charge >= 0.3 is 6.18 Å². The molecule has 0 aliphatic carbocycles. The quantitative estimate of drug-likeness (QED) is 0.386. The molecule has 0 radical (unpaired) electrons. The van der Waals surface area contributed by atoms with Crippen LogP contribution < -0.4 is 10.1 Å². The predicted octanol–water partition coefficient (Wildman–Crippen LogP) is 3.88. The molecule has 1 saturated heterocycles. The number of halogens is 3. The standard InChI is InChI=1S/C25H25F3N8O2/c1-15-23(33-34-36(15)20-3-5-30-6-4-20)17-8-21(24-18(9-29)11-32-35(24)13-17)38-22(14-37-2)16-7-19(12-31-10-16)25(26,27)28/h7-8,10-13,20,22,30H,3-6,14H2,1-2H3. The lowest BCUT2D eigenvalue weighted by molar-refractivity contribution is -0.137. The average molecular weight is 527 g/mol. The van der Waals surface area contributed by atoms with Crippen LogP contribution in [0, 0.1) is 18.3 Å². The minimum atomic E-state index is -4.56. The van der Waals surface area contributed by atoms with E-state index in [-0.39, 0.29) is 29.5 Å². The highest BCUT2D eigenvalue weighted by atomic mass is 19.4. The lowest BCUT2D eigenvalue weighted by Crippen LogP contribution is -2.30. The van der Waals surface area contributed by atoms with Crippen LogP contribution in [0.3, 0.4) is 0 Å².